The van der Waals surface area contributed by atoms with E-state index < -0.39 is 6.10 Å². The molecule has 3 heteroatoms. The van der Waals surface area contributed by atoms with Crippen LogP contribution in [0.2, 0.25) is 0 Å². The molecule has 0 amide bonds. The highest BCUT2D eigenvalue weighted by atomic mass is 32.1. The first-order valence-electron chi connectivity index (χ1n) is 3.51. The first-order valence-corrected chi connectivity index (χ1v) is 4.25. The second-order valence-corrected chi connectivity index (χ2v) is 3.00. The van der Waals surface area contributed by atoms with E-state index in [9.17, 15) is 9.32 Å². The first-order chi connectivity index (χ1) is 5.27. The molecule has 1 aliphatic carbocycles. The summed E-state index contributed by atoms with van der Waals surface area (Å²) in [6.07, 6.45) is 5.45. The van der Waals surface area contributed by atoms with Gasteiger partial charge in [-0.25, -0.2) is 4.21 Å². The van der Waals surface area contributed by atoms with Gasteiger partial charge in [0.1, 0.15) is 6.10 Å². The van der Waals surface area contributed by atoms with Gasteiger partial charge >= 0.3 is 0 Å². The zero-order valence-corrected chi connectivity index (χ0v) is 7.10. The van der Waals surface area contributed by atoms with Gasteiger partial charge in [-0.05, 0) is 18.1 Å². The maximum Gasteiger partial charge on any atom is 0.110 e. The van der Waals surface area contributed by atoms with Gasteiger partial charge < -0.3 is 5.11 Å². The van der Waals surface area contributed by atoms with Crippen molar-refractivity contribution in [2.24, 2.45) is 0 Å². The van der Waals surface area contributed by atoms with Crippen molar-refractivity contribution in [1.29, 1.82) is 0 Å². The van der Waals surface area contributed by atoms with Gasteiger partial charge in [0.2, 0.25) is 0 Å². The summed E-state index contributed by atoms with van der Waals surface area (Å²) in [7, 11) is 0. The second-order valence-electron chi connectivity index (χ2n) is 2.36. The van der Waals surface area contributed by atoms with E-state index in [0.717, 1.165) is 12.0 Å². The largest absolute Gasteiger partial charge is 0.383 e. The first kappa shape index (κ1) is 8.43. The predicted molar refractivity (Wildman–Crippen MR) is 46.7 cm³/mol. The van der Waals surface area contributed by atoms with Gasteiger partial charge in [-0.2, -0.15) is 0 Å². The Morgan fingerprint density at radius 2 is 2.45 bits per heavy atom. The van der Waals surface area contributed by atoms with E-state index in [1.165, 1.54) is 0 Å². The minimum Gasteiger partial charge on any atom is -0.383 e. The lowest BCUT2D eigenvalue weighted by Gasteiger charge is -2.09. The van der Waals surface area contributed by atoms with Crippen molar-refractivity contribution < 1.29 is 9.32 Å². The number of hydrogen-bond donors (Lipinski definition) is 1. The van der Waals surface area contributed by atoms with Crippen molar-refractivity contribution >= 4 is 16.1 Å². The average molecular weight is 170 g/mol. The summed E-state index contributed by atoms with van der Waals surface area (Å²) in [5, 5.41) is 9.19. The summed E-state index contributed by atoms with van der Waals surface area (Å²) < 4.78 is 10.4. The molecule has 1 N–H and O–H groups in total. The predicted octanol–water partition coefficient (Wildman–Crippen LogP) is 0.639. The molecule has 0 saturated carbocycles. The van der Waals surface area contributed by atoms with Gasteiger partial charge in [-0.1, -0.05) is 19.1 Å². The monoisotopic (exact) mass is 170 g/mol. The Balaban J connectivity index is 2.93. The molecule has 0 bridgehead atoms. The van der Waals surface area contributed by atoms with Crippen molar-refractivity contribution in [1.82, 2.24) is 0 Å². The lowest BCUT2D eigenvalue weighted by molar-refractivity contribution is 0.291. The summed E-state index contributed by atoms with van der Waals surface area (Å²) in [6, 6.07) is 0. The van der Waals surface area contributed by atoms with E-state index in [1.54, 1.807) is 12.2 Å². The molecule has 0 aromatic rings. The lowest BCUT2D eigenvalue weighted by Crippen LogP contribution is -2.18. The summed E-state index contributed by atoms with van der Waals surface area (Å²) in [4.78, 5) is 0.490. The van der Waals surface area contributed by atoms with Gasteiger partial charge in [0.05, 0.1) is 16.1 Å². The molecular weight excluding hydrogens is 160 g/mol. The molecule has 1 aliphatic rings. The minimum absolute atomic E-state index is 0.362. The Kier molecular flexibility index (Phi) is 2.79. The Labute approximate surface area is 69.3 Å². The number of aliphatic hydroxyl groups excluding tert-OH is 1. The molecule has 11 heavy (non-hydrogen) atoms. The smallest absolute Gasteiger partial charge is 0.110 e. The molecule has 0 aromatic heterocycles. The van der Waals surface area contributed by atoms with Crippen molar-refractivity contribution in [3.63, 3.8) is 0 Å². The molecule has 1 rings (SSSR count). The summed E-state index contributed by atoms with van der Waals surface area (Å²) in [6.45, 7) is 2.01. The van der Waals surface area contributed by atoms with Crippen LogP contribution in [-0.2, 0) is 11.3 Å². The average Bonchev–Trinajstić information content (AvgIpc) is 2.05. The highest BCUT2D eigenvalue weighted by Crippen LogP contribution is 2.10. The Hall–Kier alpha value is -0.670. The summed E-state index contributed by atoms with van der Waals surface area (Å²) in [5.41, 5.74) is 1.09. The molecule has 0 spiro atoms. The fourth-order valence-electron chi connectivity index (χ4n) is 0.919. The molecule has 1 unspecified atom stereocenters. The van der Waals surface area contributed by atoms with Crippen LogP contribution in [0.4, 0.5) is 0 Å². The van der Waals surface area contributed by atoms with Crippen LogP contribution in [0.1, 0.15) is 13.3 Å². The van der Waals surface area contributed by atoms with E-state index in [-0.39, 0.29) is 0 Å². The van der Waals surface area contributed by atoms with Gasteiger partial charge in [0.15, 0.2) is 0 Å². The fraction of sp³-hybridized carbons (Fsp3) is 0.375. The Bertz CT molecular complexity index is 259. The van der Waals surface area contributed by atoms with E-state index in [2.05, 4.69) is 0 Å². The highest BCUT2D eigenvalue weighted by molar-refractivity contribution is 7.67. The van der Waals surface area contributed by atoms with Gasteiger partial charge in [0, 0.05) is 0 Å². The van der Waals surface area contributed by atoms with Crippen LogP contribution in [0.15, 0.2) is 23.8 Å². The zero-order valence-electron chi connectivity index (χ0n) is 6.28. The van der Waals surface area contributed by atoms with Crippen LogP contribution in [0, 0.1) is 0 Å². The maximum absolute atomic E-state index is 10.4. The normalized spacial score (nSPS) is 23.3. The summed E-state index contributed by atoms with van der Waals surface area (Å²) in [5.74, 6) is 0. The van der Waals surface area contributed by atoms with E-state index >= 15 is 0 Å². The second kappa shape index (κ2) is 3.64. The molecule has 0 radical (unpaired) electrons. The topological polar surface area (TPSA) is 37.3 Å². The van der Waals surface area contributed by atoms with Crippen molar-refractivity contribution in [3.8, 4) is 0 Å². The minimum atomic E-state index is -0.687. The molecular formula is C8H10O2S. The van der Waals surface area contributed by atoms with E-state index in [4.69, 9.17) is 0 Å². The van der Waals surface area contributed by atoms with Crippen LogP contribution in [0.5, 0.6) is 0 Å². The molecule has 60 valence electrons. The van der Waals surface area contributed by atoms with Crippen LogP contribution in [0.25, 0.3) is 0 Å². The van der Waals surface area contributed by atoms with Gasteiger partial charge in [-0.15, -0.1) is 0 Å². The molecule has 0 heterocycles. The highest BCUT2D eigenvalue weighted by Gasteiger charge is 2.10. The SMILES string of the molecule is CCC1=CC(=S=O)C(O)C=C1. The zero-order chi connectivity index (χ0) is 8.27. The van der Waals surface area contributed by atoms with Crippen molar-refractivity contribution in [2.75, 3.05) is 0 Å². The molecule has 0 fully saturated rings. The number of aliphatic hydroxyl groups is 1. The van der Waals surface area contributed by atoms with Gasteiger partial charge in [-0.3, -0.25) is 0 Å². The third kappa shape index (κ3) is 1.88. The molecule has 0 aromatic carbocycles. The van der Waals surface area contributed by atoms with E-state index in [0.29, 0.717) is 16.1 Å². The molecule has 2 nitrogen and oxygen atoms in total. The van der Waals surface area contributed by atoms with Crippen LogP contribution in [0.3, 0.4) is 0 Å². The fourth-order valence-corrected chi connectivity index (χ4v) is 1.30. The Morgan fingerprint density at radius 3 is 3.00 bits per heavy atom. The summed E-state index contributed by atoms with van der Waals surface area (Å²) >= 11 is 0.362. The number of allylic oxidation sites excluding steroid dienone is 2. The van der Waals surface area contributed by atoms with Crippen LogP contribution in [-0.4, -0.2) is 20.3 Å². The number of rotatable bonds is 1. The maximum atomic E-state index is 10.4. The van der Waals surface area contributed by atoms with Crippen LogP contribution >= 0.6 is 0 Å². The Morgan fingerprint density at radius 1 is 1.73 bits per heavy atom. The van der Waals surface area contributed by atoms with E-state index in [1.807, 2.05) is 13.0 Å². The molecule has 0 saturated heterocycles. The standard InChI is InChI=1S/C8H10O2S/c1-2-6-3-4-7(9)8(5-6)11-10/h3-5,7,9H,2H2,1H3. The van der Waals surface area contributed by atoms with Crippen molar-refractivity contribution in [2.45, 2.75) is 19.4 Å². The lowest BCUT2D eigenvalue weighted by atomic mass is 10.0. The van der Waals surface area contributed by atoms with Crippen molar-refractivity contribution in [3.05, 3.63) is 23.8 Å². The van der Waals surface area contributed by atoms with Gasteiger partial charge in [0.25, 0.3) is 0 Å². The third-order valence-corrected chi connectivity index (χ3v) is 2.17. The molecule has 1 atom stereocenters. The van der Waals surface area contributed by atoms with Crippen LogP contribution < -0.4 is 0 Å². The quantitative estimate of drug-likeness (QED) is 0.586. The molecule has 0 aliphatic heterocycles. The third-order valence-electron chi connectivity index (χ3n) is 1.62. The number of hydrogen-bond acceptors (Lipinski definition) is 2.